The lowest BCUT2D eigenvalue weighted by Crippen LogP contribution is -2.36. The fourth-order valence-corrected chi connectivity index (χ4v) is 4.19. The number of benzene rings is 1. The van der Waals surface area contributed by atoms with Gasteiger partial charge in [0.1, 0.15) is 5.82 Å². The van der Waals surface area contributed by atoms with Gasteiger partial charge in [-0.1, -0.05) is 12.1 Å². The number of aromatic nitrogens is 2. The number of amides is 2. The second-order valence-corrected chi connectivity index (χ2v) is 7.51. The Morgan fingerprint density at radius 1 is 1.19 bits per heavy atom. The van der Waals surface area contributed by atoms with Gasteiger partial charge in [0, 0.05) is 37.9 Å². The molecule has 2 amide bonds. The van der Waals surface area contributed by atoms with Crippen molar-refractivity contribution in [3.8, 4) is 0 Å². The third-order valence-electron chi connectivity index (χ3n) is 5.59. The van der Waals surface area contributed by atoms with Gasteiger partial charge >= 0.3 is 0 Å². The van der Waals surface area contributed by atoms with Gasteiger partial charge in [0.2, 0.25) is 11.8 Å². The predicted molar refractivity (Wildman–Crippen MR) is 99.5 cm³/mol. The average molecular weight is 354 g/mol. The molecule has 2 N–H and O–H groups in total. The number of likely N-dealkylation sites (tertiary alicyclic amines) is 1. The van der Waals surface area contributed by atoms with E-state index >= 15 is 0 Å². The standard InChI is InChI=1S/C20H26N4O2/c25-19(10-9-18-22-16-5-1-2-6-17(16)23-18)21-15-8-7-14(13-15)20(26)24-11-3-4-12-24/h1-2,5-6,14-15H,3-4,7-13H2,(H,21,25)(H,22,23)/t14-,15+/m0/s1. The lowest BCUT2D eigenvalue weighted by atomic mass is 10.1. The van der Waals surface area contributed by atoms with Gasteiger partial charge in [-0.3, -0.25) is 9.59 Å². The number of para-hydroxylation sites is 2. The van der Waals surface area contributed by atoms with Crippen molar-refractivity contribution in [2.24, 2.45) is 5.92 Å². The molecular weight excluding hydrogens is 328 g/mol. The van der Waals surface area contributed by atoms with Crippen molar-refractivity contribution < 1.29 is 9.59 Å². The molecule has 26 heavy (non-hydrogen) atoms. The van der Waals surface area contributed by atoms with Crippen LogP contribution < -0.4 is 5.32 Å². The molecule has 1 aliphatic carbocycles. The Kier molecular flexibility index (Phi) is 4.91. The highest BCUT2D eigenvalue weighted by atomic mass is 16.2. The molecule has 1 saturated heterocycles. The molecule has 1 aromatic carbocycles. The van der Waals surface area contributed by atoms with Gasteiger partial charge in [0.15, 0.2) is 0 Å². The van der Waals surface area contributed by atoms with Crippen molar-refractivity contribution in [2.45, 2.75) is 51.0 Å². The first-order valence-electron chi connectivity index (χ1n) is 9.71. The van der Waals surface area contributed by atoms with E-state index in [-0.39, 0.29) is 17.9 Å². The number of hydrogen-bond acceptors (Lipinski definition) is 3. The van der Waals surface area contributed by atoms with Crippen LogP contribution in [0.3, 0.4) is 0 Å². The molecule has 0 bridgehead atoms. The van der Waals surface area contributed by atoms with E-state index in [2.05, 4.69) is 15.3 Å². The Morgan fingerprint density at radius 2 is 2.00 bits per heavy atom. The van der Waals surface area contributed by atoms with Gasteiger partial charge in [-0.05, 0) is 44.2 Å². The SMILES string of the molecule is O=C(CCc1nc2ccccc2[nH]1)N[C@@H]1CC[C@H](C(=O)N2CCCC2)C1. The highest BCUT2D eigenvalue weighted by Crippen LogP contribution is 2.28. The summed E-state index contributed by atoms with van der Waals surface area (Å²) in [5.74, 6) is 1.27. The maximum Gasteiger partial charge on any atom is 0.225 e. The lowest BCUT2D eigenvalue weighted by molar-refractivity contribution is -0.134. The summed E-state index contributed by atoms with van der Waals surface area (Å²) in [5.41, 5.74) is 1.93. The van der Waals surface area contributed by atoms with Crippen molar-refractivity contribution in [1.29, 1.82) is 0 Å². The topological polar surface area (TPSA) is 78.1 Å². The number of carbonyl (C=O) groups is 2. The van der Waals surface area contributed by atoms with Crippen molar-refractivity contribution in [3.63, 3.8) is 0 Å². The monoisotopic (exact) mass is 354 g/mol. The smallest absolute Gasteiger partial charge is 0.225 e. The number of aromatic amines is 1. The van der Waals surface area contributed by atoms with E-state index in [0.29, 0.717) is 18.7 Å². The molecule has 2 fully saturated rings. The second-order valence-electron chi connectivity index (χ2n) is 7.51. The highest BCUT2D eigenvalue weighted by Gasteiger charge is 2.34. The molecule has 6 nitrogen and oxygen atoms in total. The van der Waals surface area contributed by atoms with Crippen LogP contribution in [0.2, 0.25) is 0 Å². The molecule has 2 aromatic rings. The van der Waals surface area contributed by atoms with E-state index in [0.717, 1.165) is 62.1 Å². The van der Waals surface area contributed by atoms with Crippen LogP contribution in [0.4, 0.5) is 0 Å². The Bertz CT molecular complexity index is 761. The summed E-state index contributed by atoms with van der Waals surface area (Å²) >= 11 is 0. The molecular formula is C20H26N4O2. The van der Waals surface area contributed by atoms with Crippen LogP contribution in [0.1, 0.15) is 44.3 Å². The number of carbonyl (C=O) groups excluding carboxylic acids is 2. The van der Waals surface area contributed by atoms with Gasteiger partial charge < -0.3 is 15.2 Å². The molecule has 1 aromatic heterocycles. The van der Waals surface area contributed by atoms with E-state index in [4.69, 9.17) is 0 Å². The molecule has 0 spiro atoms. The first-order valence-corrected chi connectivity index (χ1v) is 9.71. The first kappa shape index (κ1) is 17.1. The summed E-state index contributed by atoms with van der Waals surface area (Å²) < 4.78 is 0. The summed E-state index contributed by atoms with van der Waals surface area (Å²) in [7, 11) is 0. The molecule has 0 radical (unpaired) electrons. The Hall–Kier alpha value is -2.37. The van der Waals surface area contributed by atoms with Crippen LogP contribution in [0.15, 0.2) is 24.3 Å². The number of hydrogen-bond donors (Lipinski definition) is 2. The summed E-state index contributed by atoms with van der Waals surface area (Å²) in [6.45, 7) is 1.81. The zero-order valence-corrected chi connectivity index (χ0v) is 15.0. The van der Waals surface area contributed by atoms with Crippen LogP contribution >= 0.6 is 0 Å². The van der Waals surface area contributed by atoms with Crippen LogP contribution in [-0.4, -0.2) is 45.8 Å². The Balaban J connectivity index is 1.24. The van der Waals surface area contributed by atoms with E-state index in [9.17, 15) is 9.59 Å². The Morgan fingerprint density at radius 3 is 2.81 bits per heavy atom. The molecule has 1 aliphatic heterocycles. The molecule has 1 saturated carbocycles. The minimum Gasteiger partial charge on any atom is -0.353 e. The maximum atomic E-state index is 12.5. The minimum atomic E-state index is 0.0460. The third kappa shape index (κ3) is 3.74. The summed E-state index contributed by atoms with van der Waals surface area (Å²) in [6, 6.07) is 8.01. The largest absolute Gasteiger partial charge is 0.353 e. The molecule has 6 heteroatoms. The van der Waals surface area contributed by atoms with Gasteiger partial charge in [0.05, 0.1) is 11.0 Å². The van der Waals surface area contributed by atoms with Gasteiger partial charge in [-0.25, -0.2) is 4.98 Å². The number of rotatable bonds is 5. The third-order valence-corrected chi connectivity index (χ3v) is 5.59. The summed E-state index contributed by atoms with van der Waals surface area (Å²) in [6.07, 6.45) is 5.85. The second kappa shape index (κ2) is 7.48. The van der Waals surface area contributed by atoms with Crippen molar-refractivity contribution >= 4 is 22.8 Å². The van der Waals surface area contributed by atoms with E-state index in [1.165, 1.54) is 0 Å². The maximum absolute atomic E-state index is 12.5. The fourth-order valence-electron chi connectivity index (χ4n) is 4.19. The quantitative estimate of drug-likeness (QED) is 0.865. The average Bonchev–Trinajstić information content (AvgIpc) is 3.38. The van der Waals surface area contributed by atoms with Gasteiger partial charge in [-0.2, -0.15) is 0 Å². The normalized spacial score (nSPS) is 22.8. The lowest BCUT2D eigenvalue weighted by Gasteiger charge is -2.20. The van der Waals surface area contributed by atoms with Crippen molar-refractivity contribution in [3.05, 3.63) is 30.1 Å². The number of aryl methyl sites for hydroxylation is 1. The number of nitrogens with zero attached hydrogens (tertiary/aromatic N) is 2. The zero-order valence-electron chi connectivity index (χ0n) is 15.0. The summed E-state index contributed by atoms with van der Waals surface area (Å²) in [4.78, 5) is 34.5. The van der Waals surface area contributed by atoms with Gasteiger partial charge in [-0.15, -0.1) is 0 Å². The molecule has 2 aliphatic rings. The Labute approximate surface area is 153 Å². The van der Waals surface area contributed by atoms with Crippen LogP contribution in [-0.2, 0) is 16.0 Å². The van der Waals surface area contributed by atoms with Crippen LogP contribution in [0.25, 0.3) is 11.0 Å². The van der Waals surface area contributed by atoms with Crippen LogP contribution in [0, 0.1) is 5.92 Å². The zero-order chi connectivity index (χ0) is 17.9. The fraction of sp³-hybridized carbons (Fsp3) is 0.550. The number of fused-ring (bicyclic) bond motifs is 1. The number of H-pyrrole nitrogens is 1. The van der Waals surface area contributed by atoms with Crippen LogP contribution in [0.5, 0.6) is 0 Å². The minimum absolute atomic E-state index is 0.0460. The predicted octanol–water partition coefficient (Wildman–Crippen LogP) is 2.40. The first-order chi connectivity index (χ1) is 12.7. The molecule has 4 rings (SSSR count). The van der Waals surface area contributed by atoms with E-state index in [1.54, 1.807) is 0 Å². The molecule has 2 heterocycles. The van der Waals surface area contributed by atoms with E-state index in [1.807, 2.05) is 29.2 Å². The van der Waals surface area contributed by atoms with E-state index < -0.39 is 0 Å². The highest BCUT2D eigenvalue weighted by molar-refractivity contribution is 5.80. The van der Waals surface area contributed by atoms with Gasteiger partial charge in [0.25, 0.3) is 0 Å². The number of imidazole rings is 1. The molecule has 0 unspecified atom stereocenters. The van der Waals surface area contributed by atoms with Crippen molar-refractivity contribution in [1.82, 2.24) is 20.2 Å². The summed E-state index contributed by atoms with van der Waals surface area (Å²) in [5, 5.41) is 3.11. The number of nitrogens with one attached hydrogen (secondary N) is 2. The van der Waals surface area contributed by atoms with Crippen molar-refractivity contribution in [2.75, 3.05) is 13.1 Å². The molecule has 2 atom stereocenters. The molecule has 138 valence electrons.